The van der Waals surface area contributed by atoms with Gasteiger partial charge >= 0.3 is 0 Å². The van der Waals surface area contributed by atoms with Crippen molar-refractivity contribution in [3.05, 3.63) is 0 Å². The topological polar surface area (TPSA) is 98.2 Å². The number of carbonyl (C=O) groups excluding carboxylic acids is 2. The van der Waals surface area contributed by atoms with Gasteiger partial charge in [0.15, 0.2) is 0 Å². The zero-order valence-electron chi connectivity index (χ0n) is 6.56. The third kappa shape index (κ3) is 5.11. The fraction of sp³-hybridized carbons (Fsp3) is 0.667. The second kappa shape index (κ2) is 5.99. The molecule has 0 fully saturated rings. The summed E-state index contributed by atoms with van der Waals surface area (Å²) in [7, 11) is 0. The third-order valence-corrected chi connectivity index (χ3v) is 1.52. The Balaban J connectivity index is 3.74. The maximum atomic E-state index is 10.9. The van der Waals surface area contributed by atoms with Crippen molar-refractivity contribution >= 4 is 24.8 Å². The van der Waals surface area contributed by atoms with Gasteiger partial charge in [-0.2, -0.15) is 12.6 Å². The molecule has 0 aliphatic carbocycles. The van der Waals surface area contributed by atoms with Crippen LogP contribution in [0, 0.1) is 0 Å². The van der Waals surface area contributed by atoms with Crippen molar-refractivity contribution in [3.63, 3.8) is 0 Å². The van der Waals surface area contributed by atoms with E-state index in [4.69, 9.17) is 11.5 Å². The summed E-state index contributed by atoms with van der Waals surface area (Å²) in [6.07, 6.45) is -0.0531. The molecule has 0 spiro atoms. The van der Waals surface area contributed by atoms with Gasteiger partial charge in [-0.05, 0) is 0 Å². The van der Waals surface area contributed by atoms with Crippen molar-refractivity contribution in [2.24, 2.45) is 11.5 Å². The van der Waals surface area contributed by atoms with E-state index in [1.807, 2.05) is 0 Å². The lowest BCUT2D eigenvalue weighted by Gasteiger charge is -2.10. The van der Waals surface area contributed by atoms with Gasteiger partial charge in [0.25, 0.3) is 0 Å². The first kappa shape index (κ1) is 11.4. The molecule has 0 radical (unpaired) electrons. The Labute approximate surface area is 76.3 Å². The SMILES string of the molecule is NC(N)CC(=O)N[C@H](C=O)CS. The van der Waals surface area contributed by atoms with E-state index in [9.17, 15) is 9.59 Å². The summed E-state index contributed by atoms with van der Waals surface area (Å²) in [5, 5.41) is 2.40. The molecule has 0 rings (SSSR count). The molecule has 0 unspecified atom stereocenters. The number of nitrogens with one attached hydrogen (secondary N) is 1. The maximum absolute atomic E-state index is 10.9. The van der Waals surface area contributed by atoms with Crippen LogP contribution in [0.5, 0.6) is 0 Å². The highest BCUT2D eigenvalue weighted by molar-refractivity contribution is 7.80. The van der Waals surface area contributed by atoms with E-state index in [0.29, 0.717) is 6.29 Å². The van der Waals surface area contributed by atoms with E-state index in [0.717, 1.165) is 0 Å². The van der Waals surface area contributed by atoms with Crippen LogP contribution in [0.4, 0.5) is 0 Å². The van der Waals surface area contributed by atoms with Crippen LogP contribution in [0.15, 0.2) is 0 Å². The first-order valence-corrected chi connectivity index (χ1v) is 4.10. The first-order chi connectivity index (χ1) is 5.60. The molecule has 0 aliphatic rings. The number of nitrogens with two attached hydrogens (primary N) is 2. The number of amides is 1. The molecule has 70 valence electrons. The monoisotopic (exact) mass is 191 g/mol. The zero-order chi connectivity index (χ0) is 9.56. The Bertz CT molecular complexity index is 163. The molecule has 0 heterocycles. The van der Waals surface area contributed by atoms with Crippen molar-refractivity contribution in [3.8, 4) is 0 Å². The average Bonchev–Trinajstić information content (AvgIpc) is 1.98. The van der Waals surface area contributed by atoms with E-state index in [1.165, 1.54) is 0 Å². The number of aldehydes is 1. The van der Waals surface area contributed by atoms with Gasteiger partial charge in [0.2, 0.25) is 5.91 Å². The summed E-state index contributed by atoms with van der Waals surface area (Å²) < 4.78 is 0. The lowest BCUT2D eigenvalue weighted by atomic mass is 10.3. The van der Waals surface area contributed by atoms with Crippen LogP contribution in [-0.2, 0) is 9.59 Å². The number of hydrogen-bond acceptors (Lipinski definition) is 5. The third-order valence-electron chi connectivity index (χ3n) is 1.13. The van der Waals surface area contributed by atoms with E-state index >= 15 is 0 Å². The second-order valence-electron chi connectivity index (χ2n) is 2.36. The Morgan fingerprint density at radius 2 is 2.17 bits per heavy atom. The number of hydrogen-bond donors (Lipinski definition) is 4. The van der Waals surface area contributed by atoms with Crippen molar-refractivity contribution in [2.75, 3.05) is 5.75 Å². The highest BCUT2D eigenvalue weighted by Crippen LogP contribution is 1.86. The quantitative estimate of drug-likeness (QED) is 0.235. The fourth-order valence-electron chi connectivity index (χ4n) is 0.602. The Morgan fingerprint density at radius 1 is 1.58 bits per heavy atom. The standard InChI is InChI=1S/C6H13N3O2S/c7-5(8)1-6(11)9-4(2-10)3-12/h2,4-5,12H,1,3,7-8H2,(H,9,11)/t4-/m1/s1. The van der Waals surface area contributed by atoms with Gasteiger partial charge in [-0.1, -0.05) is 0 Å². The van der Waals surface area contributed by atoms with E-state index < -0.39 is 12.2 Å². The average molecular weight is 191 g/mol. The summed E-state index contributed by atoms with van der Waals surface area (Å²) in [6, 6.07) is -0.556. The van der Waals surface area contributed by atoms with Crippen LogP contribution in [0.2, 0.25) is 0 Å². The molecule has 12 heavy (non-hydrogen) atoms. The minimum atomic E-state index is -0.683. The normalized spacial score (nSPS) is 12.7. The number of thiol groups is 1. The lowest BCUT2D eigenvalue weighted by Crippen LogP contribution is -2.42. The van der Waals surface area contributed by atoms with Gasteiger partial charge < -0.3 is 21.6 Å². The van der Waals surface area contributed by atoms with E-state index in [1.54, 1.807) is 0 Å². The van der Waals surface area contributed by atoms with Gasteiger partial charge in [-0.15, -0.1) is 0 Å². The van der Waals surface area contributed by atoms with Crippen molar-refractivity contribution in [2.45, 2.75) is 18.6 Å². The molecule has 0 aromatic heterocycles. The van der Waals surface area contributed by atoms with Crippen LogP contribution < -0.4 is 16.8 Å². The molecule has 1 amide bonds. The molecule has 5 N–H and O–H groups in total. The van der Waals surface area contributed by atoms with Crippen molar-refractivity contribution < 1.29 is 9.59 Å². The van der Waals surface area contributed by atoms with E-state index in [2.05, 4.69) is 17.9 Å². The van der Waals surface area contributed by atoms with Gasteiger partial charge in [-0.25, -0.2) is 0 Å². The minimum Gasteiger partial charge on any atom is -0.346 e. The van der Waals surface area contributed by atoms with Crippen molar-refractivity contribution in [1.29, 1.82) is 0 Å². The predicted octanol–water partition coefficient (Wildman–Crippen LogP) is -1.77. The van der Waals surface area contributed by atoms with Crippen LogP contribution >= 0.6 is 12.6 Å². The molecule has 0 aromatic carbocycles. The number of rotatable bonds is 5. The summed E-state index contributed by atoms with van der Waals surface area (Å²) >= 11 is 3.85. The molecule has 5 nitrogen and oxygen atoms in total. The van der Waals surface area contributed by atoms with Crippen LogP contribution in [0.25, 0.3) is 0 Å². The molecule has 0 aromatic rings. The Morgan fingerprint density at radius 3 is 2.50 bits per heavy atom. The fourth-order valence-corrected chi connectivity index (χ4v) is 0.780. The van der Waals surface area contributed by atoms with Gasteiger partial charge in [-0.3, -0.25) is 4.79 Å². The summed E-state index contributed by atoms with van der Waals surface area (Å²) in [6.45, 7) is 0. The Kier molecular flexibility index (Phi) is 5.69. The molecular weight excluding hydrogens is 178 g/mol. The zero-order valence-corrected chi connectivity index (χ0v) is 7.46. The Hall–Kier alpha value is -0.590. The largest absolute Gasteiger partial charge is 0.346 e. The molecule has 0 bridgehead atoms. The molecule has 0 saturated heterocycles. The van der Waals surface area contributed by atoms with Gasteiger partial charge in [0.1, 0.15) is 6.29 Å². The first-order valence-electron chi connectivity index (χ1n) is 3.46. The van der Waals surface area contributed by atoms with Crippen LogP contribution in [0.1, 0.15) is 6.42 Å². The molecule has 0 saturated carbocycles. The second-order valence-corrected chi connectivity index (χ2v) is 2.73. The van der Waals surface area contributed by atoms with Gasteiger partial charge in [0.05, 0.1) is 18.6 Å². The van der Waals surface area contributed by atoms with Crippen LogP contribution in [0.3, 0.4) is 0 Å². The predicted molar refractivity (Wildman–Crippen MR) is 48.6 cm³/mol. The molecule has 0 aliphatic heterocycles. The lowest BCUT2D eigenvalue weighted by molar-refractivity contribution is -0.124. The molecule has 1 atom stereocenters. The van der Waals surface area contributed by atoms with Crippen molar-refractivity contribution in [1.82, 2.24) is 5.32 Å². The summed E-state index contributed by atoms with van der Waals surface area (Å²) in [4.78, 5) is 21.1. The van der Waals surface area contributed by atoms with Crippen LogP contribution in [-0.4, -0.2) is 30.2 Å². The summed E-state index contributed by atoms with van der Waals surface area (Å²) in [5.41, 5.74) is 10.3. The highest BCUT2D eigenvalue weighted by atomic mass is 32.1. The highest BCUT2D eigenvalue weighted by Gasteiger charge is 2.10. The van der Waals surface area contributed by atoms with Gasteiger partial charge in [0, 0.05) is 5.75 Å². The number of carbonyl (C=O) groups is 2. The van der Waals surface area contributed by atoms with E-state index in [-0.39, 0.29) is 18.1 Å². The molecule has 6 heteroatoms. The maximum Gasteiger partial charge on any atom is 0.223 e. The minimum absolute atomic E-state index is 0.0120. The smallest absolute Gasteiger partial charge is 0.223 e. The summed E-state index contributed by atoms with van der Waals surface area (Å²) in [5.74, 6) is -0.0640. The molecular formula is C6H13N3O2S.